The molecule has 3 atom stereocenters. The Morgan fingerprint density at radius 3 is 2.43 bits per heavy atom. The number of rotatable bonds is 10. The molecule has 1 unspecified atom stereocenters. The quantitative estimate of drug-likeness (QED) is 0.217. The molecule has 0 amide bonds. The van der Waals surface area contributed by atoms with Gasteiger partial charge in [-0.2, -0.15) is 5.09 Å². The number of hydrogen-bond acceptors (Lipinski definition) is 8. The lowest BCUT2D eigenvalue weighted by atomic mass is 10.2. The van der Waals surface area contributed by atoms with Crippen LogP contribution in [0, 0.1) is 6.92 Å². The lowest BCUT2D eigenvalue weighted by Crippen LogP contribution is -2.37. The van der Waals surface area contributed by atoms with Crippen molar-refractivity contribution < 1.29 is 23.1 Å². The van der Waals surface area contributed by atoms with Crippen LogP contribution >= 0.6 is 7.75 Å². The molecule has 2 aromatic heterocycles. The highest BCUT2D eigenvalue weighted by Crippen LogP contribution is 2.46. The topological polar surface area (TPSA) is 131 Å². The van der Waals surface area contributed by atoms with E-state index >= 15 is 0 Å². The Bertz CT molecular complexity index is 1460. The van der Waals surface area contributed by atoms with E-state index in [1.807, 2.05) is 41.8 Å². The van der Waals surface area contributed by atoms with Gasteiger partial charge in [-0.05, 0) is 52.8 Å². The van der Waals surface area contributed by atoms with Crippen molar-refractivity contribution in [1.82, 2.24) is 19.6 Å². The summed E-state index contributed by atoms with van der Waals surface area (Å²) in [6.07, 6.45) is -0.931. The van der Waals surface area contributed by atoms with E-state index in [1.54, 1.807) is 52.0 Å². The van der Waals surface area contributed by atoms with Gasteiger partial charge in [0.15, 0.2) is 5.82 Å². The summed E-state index contributed by atoms with van der Waals surface area (Å²) in [5, 5.41) is 3.62. The molecule has 0 radical (unpaired) electrons. The Hall–Kier alpha value is -3.46. The zero-order valence-corrected chi connectivity index (χ0v) is 22.4. The molecular weight excluding hydrogens is 493 g/mol. The van der Waals surface area contributed by atoms with Gasteiger partial charge >= 0.3 is 13.7 Å². The minimum atomic E-state index is -4.02. The van der Waals surface area contributed by atoms with Crippen LogP contribution in [0.15, 0.2) is 54.6 Å². The number of aryl methyl sites for hydroxylation is 1. The predicted molar refractivity (Wildman–Crippen MR) is 143 cm³/mol. The van der Waals surface area contributed by atoms with Crippen molar-refractivity contribution in [2.75, 3.05) is 5.73 Å². The molecule has 2 heterocycles. The van der Waals surface area contributed by atoms with Crippen LogP contribution in [0.5, 0.6) is 5.75 Å². The van der Waals surface area contributed by atoms with Gasteiger partial charge in [0.05, 0.1) is 29.8 Å². The average molecular weight is 526 g/mol. The normalized spacial score (nSPS) is 15.0. The molecule has 10 nitrogen and oxygen atoms in total. The molecule has 196 valence electrons. The lowest BCUT2D eigenvalue weighted by molar-refractivity contribution is -0.149. The van der Waals surface area contributed by atoms with Gasteiger partial charge in [0, 0.05) is 5.39 Å². The van der Waals surface area contributed by atoms with Crippen molar-refractivity contribution in [2.45, 2.75) is 59.4 Å². The van der Waals surface area contributed by atoms with Crippen LogP contribution in [0.3, 0.4) is 0 Å². The summed E-state index contributed by atoms with van der Waals surface area (Å²) in [5.74, 6) is 0.815. The molecule has 0 fully saturated rings. The van der Waals surface area contributed by atoms with Gasteiger partial charge in [0.25, 0.3) is 0 Å². The summed E-state index contributed by atoms with van der Waals surface area (Å²) in [4.78, 5) is 21.5. The van der Waals surface area contributed by atoms with Crippen LogP contribution in [0.25, 0.3) is 21.9 Å². The molecule has 0 aliphatic rings. The number of nitrogens with one attached hydrogen (secondary N) is 1. The number of anilines is 1. The maximum atomic E-state index is 13.9. The fraction of sp³-hybridized carbons (Fsp3) is 0.346. The van der Waals surface area contributed by atoms with Gasteiger partial charge in [-0.3, -0.25) is 9.32 Å². The van der Waals surface area contributed by atoms with E-state index < -0.39 is 25.9 Å². The van der Waals surface area contributed by atoms with Crippen LogP contribution in [-0.2, 0) is 25.2 Å². The summed E-state index contributed by atoms with van der Waals surface area (Å²) in [6, 6.07) is 15.4. The Balaban J connectivity index is 1.63. The first-order valence-corrected chi connectivity index (χ1v) is 13.6. The highest BCUT2D eigenvalue weighted by Gasteiger charge is 2.34. The third-order valence-corrected chi connectivity index (χ3v) is 7.38. The predicted octanol–water partition coefficient (Wildman–Crippen LogP) is 5.00. The number of fused-ring (bicyclic) bond motifs is 3. The largest absolute Gasteiger partial charge is 0.462 e. The van der Waals surface area contributed by atoms with Crippen LogP contribution in [0.1, 0.15) is 33.5 Å². The van der Waals surface area contributed by atoms with Crippen molar-refractivity contribution in [3.8, 4) is 5.75 Å². The van der Waals surface area contributed by atoms with Crippen LogP contribution in [0.2, 0.25) is 0 Å². The van der Waals surface area contributed by atoms with Crippen LogP contribution < -0.4 is 15.3 Å². The monoisotopic (exact) mass is 525 g/mol. The van der Waals surface area contributed by atoms with Gasteiger partial charge in [-0.15, -0.1) is 0 Å². The molecule has 0 aliphatic carbocycles. The minimum Gasteiger partial charge on any atom is -0.462 e. The fourth-order valence-electron chi connectivity index (χ4n) is 4.04. The van der Waals surface area contributed by atoms with E-state index in [9.17, 15) is 9.36 Å². The first-order valence-electron chi connectivity index (χ1n) is 12.1. The van der Waals surface area contributed by atoms with E-state index in [4.69, 9.17) is 19.5 Å². The zero-order valence-electron chi connectivity index (χ0n) is 21.5. The second kappa shape index (κ2) is 10.9. The molecule has 4 aromatic rings. The average Bonchev–Trinajstić information content (AvgIpc) is 3.15. The molecule has 0 saturated carbocycles. The molecule has 0 spiro atoms. The second-order valence-corrected chi connectivity index (χ2v) is 10.8. The third kappa shape index (κ3) is 6.10. The number of esters is 1. The summed E-state index contributed by atoms with van der Waals surface area (Å²) in [6.45, 7) is 8.97. The van der Waals surface area contributed by atoms with Gasteiger partial charge in [-0.1, -0.05) is 36.4 Å². The van der Waals surface area contributed by atoms with E-state index in [-0.39, 0.29) is 6.10 Å². The smallest absolute Gasteiger partial charge is 0.459 e. The lowest BCUT2D eigenvalue weighted by Gasteiger charge is -2.26. The van der Waals surface area contributed by atoms with Crippen molar-refractivity contribution in [3.63, 3.8) is 0 Å². The number of carbonyl (C=O) groups excluding carboxylic acids is 1. The van der Waals surface area contributed by atoms with Crippen molar-refractivity contribution >= 4 is 41.5 Å². The number of benzene rings is 2. The van der Waals surface area contributed by atoms with Gasteiger partial charge in [0.1, 0.15) is 23.1 Å². The molecule has 0 bridgehead atoms. The molecule has 2 aromatic carbocycles. The summed E-state index contributed by atoms with van der Waals surface area (Å²) >= 11 is 0. The highest BCUT2D eigenvalue weighted by molar-refractivity contribution is 7.52. The van der Waals surface area contributed by atoms with Gasteiger partial charge in [-0.25, -0.2) is 14.5 Å². The third-order valence-electron chi connectivity index (χ3n) is 5.59. The van der Waals surface area contributed by atoms with Crippen LogP contribution in [0.4, 0.5) is 5.82 Å². The Labute approximate surface area is 215 Å². The molecule has 3 N–H and O–H groups in total. The molecule has 4 rings (SSSR count). The number of nitrogens with zero attached hydrogens (tertiary/aromatic N) is 3. The van der Waals surface area contributed by atoms with Crippen molar-refractivity contribution in [1.29, 1.82) is 0 Å². The first-order chi connectivity index (χ1) is 17.6. The second-order valence-electron chi connectivity index (χ2n) is 9.14. The Kier molecular flexibility index (Phi) is 7.82. The molecular formula is C26H32N5O5P. The van der Waals surface area contributed by atoms with E-state index in [0.29, 0.717) is 29.5 Å². The number of pyridine rings is 1. The summed E-state index contributed by atoms with van der Waals surface area (Å²) < 4.78 is 32.9. The first kappa shape index (κ1) is 26.6. The number of imidazole rings is 1. The maximum absolute atomic E-state index is 13.9. The number of nitrogen functional groups attached to an aromatic ring is 1. The number of aromatic nitrogens is 3. The van der Waals surface area contributed by atoms with E-state index in [0.717, 1.165) is 16.4 Å². The van der Waals surface area contributed by atoms with E-state index in [2.05, 4.69) is 15.1 Å². The number of ether oxygens (including phenoxy) is 1. The number of hydrogen-bond donors (Lipinski definition) is 2. The summed E-state index contributed by atoms with van der Waals surface area (Å²) in [5.41, 5.74) is 8.36. The SMILES string of the molecule is Cc1nc2c(N)nc3ccccc3c2n1C[C@@H](C)OP(=O)(N[C@@H](C)C(=O)OC(C)C)Oc1ccccc1. The number of nitrogens with two attached hydrogens (primary N) is 1. The minimum absolute atomic E-state index is 0.296. The van der Waals surface area contributed by atoms with E-state index in [1.165, 1.54) is 0 Å². The van der Waals surface area contributed by atoms with Crippen molar-refractivity contribution in [3.05, 3.63) is 60.4 Å². The zero-order chi connectivity index (χ0) is 26.7. The van der Waals surface area contributed by atoms with Crippen LogP contribution in [-0.4, -0.2) is 38.8 Å². The Morgan fingerprint density at radius 1 is 1.05 bits per heavy atom. The molecule has 11 heteroatoms. The van der Waals surface area contributed by atoms with Gasteiger partial charge in [0.2, 0.25) is 0 Å². The molecule has 0 saturated heterocycles. The highest BCUT2D eigenvalue weighted by atomic mass is 31.2. The Morgan fingerprint density at radius 2 is 1.73 bits per heavy atom. The number of carbonyl (C=O) groups is 1. The molecule has 0 aliphatic heterocycles. The van der Waals surface area contributed by atoms with Crippen molar-refractivity contribution in [2.24, 2.45) is 0 Å². The molecule has 37 heavy (non-hydrogen) atoms. The maximum Gasteiger partial charge on any atom is 0.459 e. The summed E-state index contributed by atoms with van der Waals surface area (Å²) in [7, 11) is -4.02. The fourth-order valence-corrected chi connectivity index (χ4v) is 5.72. The number of para-hydroxylation sites is 2. The standard InChI is InChI=1S/C26H32N5O5P/c1-16(2)34-26(32)18(4)30-37(33,36-20-11-7-6-8-12-20)35-17(3)15-31-19(5)28-23-24(31)21-13-9-10-14-22(21)29-25(23)27/h6-14,16-18H,15H2,1-5H3,(H2,27,29)(H,30,33)/t17-,18+,37?/m1/s1. The van der Waals surface area contributed by atoms with Gasteiger partial charge < -0.3 is 19.6 Å².